The van der Waals surface area contributed by atoms with Gasteiger partial charge in [-0.2, -0.15) is 4.98 Å². The highest BCUT2D eigenvalue weighted by atomic mass is 32.1. The third kappa shape index (κ3) is 2.03. The molecule has 2 aromatic rings. The Morgan fingerprint density at radius 2 is 2.56 bits per heavy atom. The largest absolute Gasteiger partial charge is 0.480 e. The Kier molecular flexibility index (Phi) is 3.44. The quantitative estimate of drug-likeness (QED) is 0.631. The molecule has 5 heteroatoms. The smallest absolute Gasteiger partial charge is 0.237 e. The summed E-state index contributed by atoms with van der Waals surface area (Å²) in [5.74, 6) is 3.28. The lowest BCUT2D eigenvalue weighted by atomic mass is 10.4. The summed E-state index contributed by atoms with van der Waals surface area (Å²) in [4.78, 5) is 5.32. The number of terminal acetylenes is 1. The molecule has 0 bridgehead atoms. The van der Waals surface area contributed by atoms with Gasteiger partial charge in [-0.25, -0.2) is 0 Å². The molecule has 1 N–H and O–H groups in total. The molecule has 0 aromatic carbocycles. The lowest BCUT2D eigenvalue weighted by Gasteiger charge is -2.03. The van der Waals surface area contributed by atoms with Crippen LogP contribution in [-0.2, 0) is 6.54 Å². The number of rotatable bonds is 5. The van der Waals surface area contributed by atoms with Crippen molar-refractivity contribution in [2.75, 3.05) is 13.7 Å². The van der Waals surface area contributed by atoms with Crippen molar-refractivity contribution in [1.82, 2.24) is 14.7 Å². The average molecular weight is 235 g/mol. The fraction of sp³-hybridized carbons (Fsp3) is 0.364. The molecule has 0 aliphatic rings. The Balaban J connectivity index is 2.14. The maximum Gasteiger partial charge on any atom is 0.237 e. The van der Waals surface area contributed by atoms with Crippen LogP contribution in [0, 0.1) is 12.3 Å². The van der Waals surface area contributed by atoms with E-state index in [-0.39, 0.29) is 0 Å². The van der Waals surface area contributed by atoms with Crippen LogP contribution in [0.4, 0.5) is 0 Å². The van der Waals surface area contributed by atoms with E-state index in [1.165, 1.54) is 0 Å². The minimum atomic E-state index is 0.681. The van der Waals surface area contributed by atoms with Crippen molar-refractivity contribution < 1.29 is 4.74 Å². The van der Waals surface area contributed by atoms with Crippen LogP contribution in [0.2, 0.25) is 0 Å². The number of thiazole rings is 1. The number of nitrogens with one attached hydrogen (secondary N) is 1. The van der Waals surface area contributed by atoms with Crippen LogP contribution in [0.1, 0.15) is 12.1 Å². The fourth-order valence-electron chi connectivity index (χ4n) is 1.50. The van der Waals surface area contributed by atoms with Gasteiger partial charge in [-0.15, -0.1) is 23.7 Å². The molecule has 0 aliphatic heterocycles. The van der Waals surface area contributed by atoms with Crippen LogP contribution < -0.4 is 10.1 Å². The minimum Gasteiger partial charge on any atom is -0.480 e. The summed E-state index contributed by atoms with van der Waals surface area (Å²) >= 11 is 1.59. The van der Waals surface area contributed by atoms with E-state index >= 15 is 0 Å². The first-order valence-corrected chi connectivity index (χ1v) is 5.87. The topological polar surface area (TPSA) is 38.6 Å². The standard InChI is InChI=1S/C11H13N3OS/c1-3-4-5-12-8-9-10(15-2)13-11-14(9)6-7-16-11/h1,6-7,12H,4-5,8H2,2H3. The van der Waals surface area contributed by atoms with Crippen LogP contribution in [0.25, 0.3) is 4.96 Å². The van der Waals surface area contributed by atoms with Gasteiger partial charge in [-0.3, -0.25) is 4.40 Å². The van der Waals surface area contributed by atoms with Gasteiger partial charge in [0, 0.05) is 31.1 Å². The minimum absolute atomic E-state index is 0.681. The molecule has 0 saturated heterocycles. The van der Waals surface area contributed by atoms with E-state index in [0.29, 0.717) is 12.4 Å². The molecular weight excluding hydrogens is 222 g/mol. The second kappa shape index (κ2) is 5.01. The normalized spacial score (nSPS) is 10.5. The van der Waals surface area contributed by atoms with Gasteiger partial charge in [0.05, 0.1) is 7.11 Å². The third-order valence-corrected chi connectivity index (χ3v) is 3.01. The van der Waals surface area contributed by atoms with Crippen molar-refractivity contribution in [3.05, 3.63) is 17.3 Å². The molecule has 84 valence electrons. The summed E-state index contributed by atoms with van der Waals surface area (Å²) in [6.45, 7) is 1.51. The highest BCUT2D eigenvalue weighted by Gasteiger charge is 2.12. The Morgan fingerprint density at radius 3 is 3.31 bits per heavy atom. The molecule has 2 heterocycles. The van der Waals surface area contributed by atoms with Gasteiger partial charge in [-0.1, -0.05) is 0 Å². The monoisotopic (exact) mass is 235 g/mol. The van der Waals surface area contributed by atoms with Gasteiger partial charge < -0.3 is 10.1 Å². The lowest BCUT2D eigenvalue weighted by molar-refractivity contribution is 0.393. The molecule has 0 atom stereocenters. The summed E-state index contributed by atoms with van der Waals surface area (Å²) < 4.78 is 7.27. The predicted molar refractivity (Wildman–Crippen MR) is 64.8 cm³/mol. The highest BCUT2D eigenvalue weighted by Crippen LogP contribution is 2.22. The third-order valence-electron chi connectivity index (χ3n) is 2.26. The fourth-order valence-corrected chi connectivity index (χ4v) is 2.23. The Bertz CT molecular complexity index is 509. The van der Waals surface area contributed by atoms with E-state index in [9.17, 15) is 0 Å². The van der Waals surface area contributed by atoms with E-state index in [4.69, 9.17) is 11.2 Å². The van der Waals surface area contributed by atoms with Crippen molar-refractivity contribution in [3.63, 3.8) is 0 Å². The molecule has 4 nitrogen and oxygen atoms in total. The second-order valence-electron chi connectivity index (χ2n) is 3.25. The van der Waals surface area contributed by atoms with Gasteiger partial charge >= 0.3 is 0 Å². The number of nitrogens with zero attached hydrogens (tertiary/aromatic N) is 2. The van der Waals surface area contributed by atoms with Crippen molar-refractivity contribution in [3.8, 4) is 18.2 Å². The molecular formula is C11H13N3OS. The van der Waals surface area contributed by atoms with Gasteiger partial charge in [-0.05, 0) is 0 Å². The molecule has 0 fully saturated rings. The molecule has 0 unspecified atom stereocenters. The summed E-state index contributed by atoms with van der Waals surface area (Å²) in [7, 11) is 1.64. The number of methoxy groups -OCH3 is 1. The summed E-state index contributed by atoms with van der Waals surface area (Å²) in [6, 6.07) is 0. The van der Waals surface area contributed by atoms with Crippen molar-refractivity contribution >= 4 is 16.3 Å². The van der Waals surface area contributed by atoms with Crippen LogP contribution >= 0.6 is 11.3 Å². The van der Waals surface area contributed by atoms with Crippen LogP contribution in [0.3, 0.4) is 0 Å². The Hall–Kier alpha value is -1.51. The number of hydrogen-bond donors (Lipinski definition) is 1. The van der Waals surface area contributed by atoms with Crippen molar-refractivity contribution in [1.29, 1.82) is 0 Å². The Morgan fingerprint density at radius 1 is 1.69 bits per heavy atom. The van der Waals surface area contributed by atoms with Crippen LogP contribution in [0.15, 0.2) is 11.6 Å². The van der Waals surface area contributed by atoms with E-state index < -0.39 is 0 Å². The highest BCUT2D eigenvalue weighted by molar-refractivity contribution is 7.15. The van der Waals surface area contributed by atoms with Gasteiger partial charge in [0.25, 0.3) is 0 Å². The zero-order valence-electron chi connectivity index (χ0n) is 9.06. The number of fused-ring (bicyclic) bond motifs is 1. The first-order valence-electron chi connectivity index (χ1n) is 4.99. The van der Waals surface area contributed by atoms with Gasteiger partial charge in [0.1, 0.15) is 5.69 Å². The van der Waals surface area contributed by atoms with E-state index in [2.05, 4.69) is 16.2 Å². The van der Waals surface area contributed by atoms with Crippen molar-refractivity contribution in [2.45, 2.75) is 13.0 Å². The zero-order valence-corrected chi connectivity index (χ0v) is 9.88. The summed E-state index contributed by atoms with van der Waals surface area (Å²) in [6.07, 6.45) is 7.91. The summed E-state index contributed by atoms with van der Waals surface area (Å²) in [5.41, 5.74) is 1.04. The molecule has 2 aromatic heterocycles. The number of ether oxygens (including phenoxy) is 1. The first-order chi connectivity index (χ1) is 7.86. The molecule has 0 saturated carbocycles. The van der Waals surface area contributed by atoms with E-state index in [1.54, 1.807) is 18.4 Å². The van der Waals surface area contributed by atoms with Gasteiger partial charge in [0.2, 0.25) is 5.88 Å². The summed E-state index contributed by atoms with van der Waals surface area (Å²) in [5, 5.41) is 5.27. The molecule has 16 heavy (non-hydrogen) atoms. The van der Waals surface area contributed by atoms with E-state index in [1.807, 2.05) is 16.0 Å². The van der Waals surface area contributed by atoms with Crippen molar-refractivity contribution in [2.24, 2.45) is 0 Å². The van der Waals surface area contributed by atoms with Crippen LogP contribution in [-0.4, -0.2) is 23.0 Å². The second-order valence-corrected chi connectivity index (χ2v) is 4.13. The van der Waals surface area contributed by atoms with E-state index in [0.717, 1.165) is 23.6 Å². The zero-order chi connectivity index (χ0) is 11.4. The molecule has 0 aliphatic carbocycles. The van der Waals surface area contributed by atoms with Gasteiger partial charge in [0.15, 0.2) is 4.96 Å². The SMILES string of the molecule is C#CCCNCc1c(OC)nc2sccn12. The molecule has 2 rings (SSSR count). The maximum atomic E-state index is 5.24. The number of hydrogen-bond acceptors (Lipinski definition) is 4. The Labute approximate surface area is 98.3 Å². The number of aromatic nitrogens is 2. The predicted octanol–water partition coefficient (Wildman–Crippen LogP) is 1.52. The molecule has 0 spiro atoms. The maximum absolute atomic E-state index is 5.24. The lowest BCUT2D eigenvalue weighted by Crippen LogP contribution is -2.15. The first kappa shape index (κ1) is 11.0. The van der Waals surface area contributed by atoms with Crippen LogP contribution in [0.5, 0.6) is 5.88 Å². The molecule has 0 radical (unpaired) electrons. The average Bonchev–Trinajstić information content (AvgIpc) is 2.85. The number of imidazole rings is 1. The molecule has 0 amide bonds.